The Labute approximate surface area is 138 Å². The normalized spacial score (nSPS) is 17.0. The maximum atomic E-state index is 12.4. The molecule has 0 spiro atoms. The summed E-state index contributed by atoms with van der Waals surface area (Å²) >= 11 is 0. The highest BCUT2D eigenvalue weighted by molar-refractivity contribution is 7.89. The fraction of sp³-hybridized carbons (Fsp3) is 0.571. The molecule has 1 heterocycles. The largest absolute Gasteiger partial charge is 0.339 e. The molecule has 0 amide bonds. The van der Waals surface area contributed by atoms with E-state index < -0.39 is 20.0 Å². The molecule has 1 aromatic rings. The number of rotatable bonds is 7. The fourth-order valence-electron chi connectivity index (χ4n) is 2.39. The van der Waals surface area contributed by atoms with Gasteiger partial charge in [0.15, 0.2) is 0 Å². The summed E-state index contributed by atoms with van der Waals surface area (Å²) in [7, 11) is -3.25. The van der Waals surface area contributed by atoms with Gasteiger partial charge in [-0.2, -0.15) is 4.31 Å². The lowest BCUT2D eigenvalue weighted by molar-refractivity contribution is -0.856. The van der Waals surface area contributed by atoms with Gasteiger partial charge >= 0.3 is 0 Å². The highest BCUT2D eigenvalue weighted by atomic mass is 32.2. The predicted octanol–water partition coefficient (Wildman–Crippen LogP) is -1.11. The lowest BCUT2D eigenvalue weighted by Gasteiger charge is -2.15. The molecule has 0 bridgehead atoms. The minimum absolute atomic E-state index is 0.0756. The van der Waals surface area contributed by atoms with Crippen molar-refractivity contribution in [1.29, 1.82) is 0 Å². The summed E-state index contributed by atoms with van der Waals surface area (Å²) in [5.41, 5.74) is 0. The zero-order valence-corrected chi connectivity index (χ0v) is 15.1. The van der Waals surface area contributed by atoms with Gasteiger partial charge in [0.1, 0.15) is 0 Å². The first-order valence-electron chi connectivity index (χ1n) is 7.62. The molecule has 1 saturated heterocycles. The van der Waals surface area contributed by atoms with Gasteiger partial charge in [0.05, 0.1) is 37.0 Å². The maximum Gasteiger partial charge on any atom is 0.243 e. The Bertz CT molecular complexity index is 722. The third kappa shape index (κ3) is 4.51. The Balaban J connectivity index is 2.12. The Morgan fingerprint density at radius 3 is 2.04 bits per heavy atom. The van der Waals surface area contributed by atoms with Crippen LogP contribution in [0.3, 0.4) is 0 Å². The van der Waals surface area contributed by atoms with Crippen LogP contribution in [0.1, 0.15) is 12.8 Å². The van der Waals surface area contributed by atoms with E-state index in [0.717, 1.165) is 17.7 Å². The fourth-order valence-corrected chi connectivity index (χ4v) is 4.94. The molecular formula is C14H24N3O4S2+. The van der Waals surface area contributed by atoms with Crippen LogP contribution in [0.15, 0.2) is 34.1 Å². The van der Waals surface area contributed by atoms with Crippen LogP contribution in [-0.2, 0) is 20.0 Å². The average Bonchev–Trinajstić information content (AvgIpc) is 3.01. The lowest BCUT2D eigenvalue weighted by Crippen LogP contribution is -3.06. The summed E-state index contributed by atoms with van der Waals surface area (Å²) in [5.74, 6) is 0. The van der Waals surface area contributed by atoms with Crippen molar-refractivity contribution in [3.63, 3.8) is 0 Å². The molecule has 1 fully saturated rings. The van der Waals surface area contributed by atoms with Crippen LogP contribution in [0.2, 0.25) is 0 Å². The first-order valence-corrected chi connectivity index (χ1v) is 10.5. The molecule has 0 unspecified atom stereocenters. The van der Waals surface area contributed by atoms with E-state index in [4.69, 9.17) is 0 Å². The van der Waals surface area contributed by atoms with Crippen LogP contribution in [0.25, 0.3) is 0 Å². The molecule has 2 rings (SSSR count). The summed E-state index contributed by atoms with van der Waals surface area (Å²) in [6.07, 6.45) is 1.73. The minimum atomic E-state index is -3.61. The third-order valence-electron chi connectivity index (χ3n) is 3.75. The van der Waals surface area contributed by atoms with Crippen molar-refractivity contribution in [2.45, 2.75) is 22.6 Å². The van der Waals surface area contributed by atoms with Crippen molar-refractivity contribution >= 4 is 20.0 Å². The molecule has 0 atom stereocenters. The van der Waals surface area contributed by atoms with E-state index in [9.17, 15) is 16.8 Å². The Kier molecular flexibility index (Phi) is 5.79. The van der Waals surface area contributed by atoms with Crippen LogP contribution in [0.5, 0.6) is 0 Å². The van der Waals surface area contributed by atoms with E-state index in [1.165, 1.54) is 28.6 Å². The lowest BCUT2D eigenvalue weighted by atomic mass is 10.4. The van der Waals surface area contributed by atoms with E-state index in [1.807, 2.05) is 14.1 Å². The van der Waals surface area contributed by atoms with E-state index in [2.05, 4.69) is 4.72 Å². The van der Waals surface area contributed by atoms with Crippen molar-refractivity contribution in [2.24, 2.45) is 0 Å². The highest BCUT2D eigenvalue weighted by Gasteiger charge is 2.27. The van der Waals surface area contributed by atoms with E-state index >= 15 is 0 Å². The second-order valence-corrected chi connectivity index (χ2v) is 9.64. The summed E-state index contributed by atoms with van der Waals surface area (Å²) in [6.45, 7) is 2.05. The molecule has 23 heavy (non-hydrogen) atoms. The van der Waals surface area contributed by atoms with E-state index in [0.29, 0.717) is 26.2 Å². The van der Waals surface area contributed by atoms with Crippen LogP contribution in [0.4, 0.5) is 0 Å². The van der Waals surface area contributed by atoms with Gasteiger partial charge in [-0.3, -0.25) is 0 Å². The molecule has 130 valence electrons. The number of hydrogen-bond acceptors (Lipinski definition) is 4. The van der Waals surface area contributed by atoms with Gasteiger partial charge in [0, 0.05) is 13.1 Å². The SMILES string of the molecule is C[NH+](C)CCNS(=O)(=O)c1ccc(S(=O)(=O)N2CCCC2)cc1. The quantitative estimate of drug-likeness (QED) is 0.644. The highest BCUT2D eigenvalue weighted by Crippen LogP contribution is 2.22. The number of nitrogens with one attached hydrogen (secondary N) is 2. The van der Waals surface area contributed by atoms with Crippen molar-refractivity contribution in [3.05, 3.63) is 24.3 Å². The number of hydrogen-bond donors (Lipinski definition) is 2. The number of likely N-dealkylation sites (N-methyl/N-ethyl adjacent to an activating group) is 1. The third-order valence-corrected chi connectivity index (χ3v) is 7.14. The Hall–Kier alpha value is -1.00. The molecule has 1 aromatic carbocycles. The number of quaternary nitrogens is 1. The van der Waals surface area contributed by atoms with Crippen molar-refractivity contribution in [2.75, 3.05) is 40.3 Å². The van der Waals surface area contributed by atoms with Crippen LogP contribution >= 0.6 is 0 Å². The smallest absolute Gasteiger partial charge is 0.243 e. The predicted molar refractivity (Wildman–Crippen MR) is 87.3 cm³/mol. The van der Waals surface area contributed by atoms with E-state index in [-0.39, 0.29) is 9.79 Å². The molecule has 1 aliphatic heterocycles. The molecule has 9 heteroatoms. The first-order chi connectivity index (χ1) is 10.7. The molecule has 0 radical (unpaired) electrons. The summed E-state index contributed by atoms with van der Waals surface area (Å²) in [6, 6.07) is 5.40. The van der Waals surface area contributed by atoms with Gasteiger partial charge in [-0.05, 0) is 37.1 Å². The summed E-state index contributed by atoms with van der Waals surface area (Å²) in [4.78, 5) is 1.35. The number of sulfonamides is 2. The zero-order chi connectivity index (χ0) is 17.1. The van der Waals surface area contributed by atoms with Gasteiger partial charge in [0.25, 0.3) is 0 Å². The zero-order valence-electron chi connectivity index (χ0n) is 13.4. The van der Waals surface area contributed by atoms with Crippen LogP contribution in [0, 0.1) is 0 Å². The van der Waals surface area contributed by atoms with Gasteiger partial charge < -0.3 is 4.90 Å². The van der Waals surface area contributed by atoms with Crippen LogP contribution in [-0.4, -0.2) is 61.4 Å². The second-order valence-electron chi connectivity index (χ2n) is 5.94. The molecule has 1 aliphatic rings. The minimum Gasteiger partial charge on any atom is -0.339 e. The van der Waals surface area contributed by atoms with Crippen LogP contribution < -0.4 is 9.62 Å². The standard InChI is InChI=1S/C14H23N3O4S2/c1-16(2)12-9-15-22(18,19)13-5-7-14(8-6-13)23(20,21)17-10-3-4-11-17/h5-8,15H,3-4,9-12H2,1-2H3/p+1. The Morgan fingerprint density at radius 2 is 1.52 bits per heavy atom. The monoisotopic (exact) mass is 362 g/mol. The molecule has 7 nitrogen and oxygen atoms in total. The first kappa shape index (κ1) is 18.3. The molecule has 0 saturated carbocycles. The van der Waals surface area contributed by atoms with Crippen molar-refractivity contribution in [3.8, 4) is 0 Å². The average molecular weight is 362 g/mol. The van der Waals surface area contributed by atoms with Gasteiger partial charge in [0.2, 0.25) is 20.0 Å². The van der Waals surface area contributed by atoms with E-state index in [1.54, 1.807) is 0 Å². The molecular weight excluding hydrogens is 338 g/mol. The van der Waals surface area contributed by atoms with Crippen molar-refractivity contribution in [1.82, 2.24) is 9.03 Å². The second kappa shape index (κ2) is 7.27. The number of nitrogens with zero attached hydrogens (tertiary/aromatic N) is 1. The molecule has 2 N–H and O–H groups in total. The Morgan fingerprint density at radius 1 is 1.00 bits per heavy atom. The molecule has 0 aromatic heterocycles. The summed E-state index contributed by atoms with van der Waals surface area (Å²) in [5, 5.41) is 0. The summed E-state index contributed by atoms with van der Waals surface area (Å²) < 4.78 is 53.1. The van der Waals surface area contributed by atoms with Gasteiger partial charge in [-0.25, -0.2) is 21.6 Å². The molecule has 0 aliphatic carbocycles. The van der Waals surface area contributed by atoms with Crippen molar-refractivity contribution < 1.29 is 21.7 Å². The van der Waals surface area contributed by atoms with Gasteiger partial charge in [-0.15, -0.1) is 0 Å². The number of benzene rings is 1. The topological polar surface area (TPSA) is 88.0 Å². The maximum absolute atomic E-state index is 12.4. The van der Waals surface area contributed by atoms with Gasteiger partial charge in [-0.1, -0.05) is 0 Å².